The van der Waals surface area contributed by atoms with E-state index in [9.17, 15) is 5.21 Å². The topological polar surface area (TPSA) is 51.0 Å². The molecule has 0 aliphatic heterocycles. The van der Waals surface area contributed by atoms with Crippen LogP contribution < -0.4 is 4.74 Å². The van der Waals surface area contributed by atoms with Crippen LogP contribution in [0, 0.1) is 0 Å². The van der Waals surface area contributed by atoms with E-state index in [2.05, 4.69) is 12.1 Å². The molecule has 1 unspecified atom stereocenters. The molecule has 4 nitrogen and oxygen atoms in total. The van der Waals surface area contributed by atoms with Gasteiger partial charge in [-0.1, -0.05) is 60.4 Å². The number of benzene rings is 2. The fraction of sp³-hybridized carbons (Fsp3) is 0.227. The first-order chi connectivity index (χ1) is 13.1. The van der Waals surface area contributed by atoms with Crippen molar-refractivity contribution in [3.05, 3.63) is 83.4 Å². The van der Waals surface area contributed by atoms with E-state index in [1.54, 1.807) is 18.2 Å². The molecule has 2 aromatic rings. The Labute approximate surface area is 164 Å². The highest BCUT2D eigenvalue weighted by Gasteiger charge is 2.35. The van der Waals surface area contributed by atoms with Gasteiger partial charge in [0, 0.05) is 5.03 Å². The number of halogens is 1. The average Bonchev–Trinajstić information content (AvgIpc) is 2.68. The molecule has 2 aromatic carbocycles. The smallest absolute Gasteiger partial charge is 0.134 e. The monoisotopic (exact) mass is 383 g/mol. The van der Waals surface area contributed by atoms with Gasteiger partial charge >= 0.3 is 0 Å². The summed E-state index contributed by atoms with van der Waals surface area (Å²) in [6.07, 6.45) is 6.70. The van der Waals surface area contributed by atoms with E-state index in [4.69, 9.17) is 21.1 Å². The molecule has 5 heteroatoms. The van der Waals surface area contributed by atoms with Gasteiger partial charge in [0.05, 0.1) is 6.61 Å². The lowest BCUT2D eigenvalue weighted by Crippen LogP contribution is -2.40. The number of nitrogens with zero attached hydrogens (tertiary/aromatic N) is 1. The molecule has 0 fully saturated rings. The maximum atomic E-state index is 9.41. The third-order valence-corrected chi connectivity index (χ3v) is 4.54. The van der Waals surface area contributed by atoms with Crippen LogP contribution in [-0.2, 0) is 11.3 Å². The molecule has 0 saturated carbocycles. The van der Waals surface area contributed by atoms with Crippen LogP contribution in [0.25, 0.3) is 0 Å². The maximum Gasteiger partial charge on any atom is 0.134 e. The standard InChI is InChI=1S/C22H22ClNO3/c1-2-13-22(15-18(23)11-12-21(22)24-25)26-16-17-7-6-10-20(14-17)27-19-8-4-3-5-9-19/h3-12,14-15,25H,2,13,16H2,1H3/b24-21+. The lowest BCUT2D eigenvalue weighted by atomic mass is 9.88. The summed E-state index contributed by atoms with van der Waals surface area (Å²) in [4.78, 5) is 0. The highest BCUT2D eigenvalue weighted by Crippen LogP contribution is 2.31. The minimum Gasteiger partial charge on any atom is -0.457 e. The lowest BCUT2D eigenvalue weighted by molar-refractivity contribution is 0.0212. The molecule has 1 aliphatic rings. The molecule has 3 rings (SSSR count). The summed E-state index contributed by atoms with van der Waals surface area (Å²) in [5, 5.41) is 13.4. The summed E-state index contributed by atoms with van der Waals surface area (Å²) in [5.41, 5.74) is 0.562. The Kier molecular flexibility index (Phi) is 6.32. The Morgan fingerprint density at radius 2 is 1.81 bits per heavy atom. The fourth-order valence-electron chi connectivity index (χ4n) is 3.06. The third kappa shape index (κ3) is 4.79. The number of oxime groups is 1. The third-order valence-electron chi connectivity index (χ3n) is 4.31. The van der Waals surface area contributed by atoms with Gasteiger partial charge < -0.3 is 14.7 Å². The summed E-state index contributed by atoms with van der Waals surface area (Å²) in [6.45, 7) is 2.38. The molecule has 0 spiro atoms. The van der Waals surface area contributed by atoms with Crippen LogP contribution in [0.5, 0.6) is 11.5 Å². The summed E-state index contributed by atoms with van der Waals surface area (Å²) >= 11 is 6.19. The molecule has 1 aliphatic carbocycles. The van der Waals surface area contributed by atoms with Gasteiger partial charge in [0.15, 0.2) is 0 Å². The molecule has 1 N–H and O–H groups in total. The van der Waals surface area contributed by atoms with E-state index >= 15 is 0 Å². The molecule has 27 heavy (non-hydrogen) atoms. The quantitative estimate of drug-likeness (QED) is 0.467. The summed E-state index contributed by atoms with van der Waals surface area (Å²) in [5.74, 6) is 1.51. The number of hydrogen-bond acceptors (Lipinski definition) is 4. The van der Waals surface area contributed by atoms with Gasteiger partial charge in [-0.25, -0.2) is 0 Å². The molecule has 0 bridgehead atoms. The zero-order valence-corrected chi connectivity index (χ0v) is 15.9. The molecule has 140 valence electrons. The molecule has 1 atom stereocenters. The van der Waals surface area contributed by atoms with Crippen LogP contribution >= 0.6 is 11.6 Å². The number of allylic oxidation sites excluding steroid dienone is 2. The molecule has 0 saturated heterocycles. The van der Waals surface area contributed by atoms with E-state index < -0.39 is 5.60 Å². The van der Waals surface area contributed by atoms with E-state index in [-0.39, 0.29) is 0 Å². The summed E-state index contributed by atoms with van der Waals surface area (Å²) in [6, 6.07) is 17.4. The van der Waals surface area contributed by atoms with E-state index in [0.29, 0.717) is 23.8 Å². The Morgan fingerprint density at radius 3 is 2.56 bits per heavy atom. The second-order valence-electron chi connectivity index (χ2n) is 6.34. The molecular weight excluding hydrogens is 362 g/mol. The Bertz CT molecular complexity index is 861. The highest BCUT2D eigenvalue weighted by atomic mass is 35.5. The van der Waals surface area contributed by atoms with E-state index in [1.807, 2.05) is 54.6 Å². The van der Waals surface area contributed by atoms with Crippen molar-refractivity contribution in [2.24, 2.45) is 5.16 Å². The first-order valence-electron chi connectivity index (χ1n) is 8.90. The van der Waals surface area contributed by atoms with Crippen molar-refractivity contribution in [1.29, 1.82) is 0 Å². The molecule has 0 amide bonds. The lowest BCUT2D eigenvalue weighted by Gasteiger charge is -2.32. The van der Waals surface area contributed by atoms with Crippen LogP contribution in [0.4, 0.5) is 0 Å². The fourth-order valence-corrected chi connectivity index (χ4v) is 3.30. The molecule has 0 aromatic heterocycles. The van der Waals surface area contributed by atoms with Crippen LogP contribution in [0.3, 0.4) is 0 Å². The van der Waals surface area contributed by atoms with Crippen LogP contribution in [0.2, 0.25) is 0 Å². The molecule has 0 radical (unpaired) electrons. The zero-order chi connectivity index (χ0) is 19.1. The number of hydrogen-bond donors (Lipinski definition) is 1. The number of para-hydroxylation sites is 1. The van der Waals surface area contributed by atoms with Gasteiger partial charge in [-0.15, -0.1) is 0 Å². The van der Waals surface area contributed by atoms with Crippen molar-refractivity contribution >= 4 is 17.3 Å². The minimum atomic E-state index is -0.842. The SMILES string of the molecule is CCCC1(OCc2cccc(Oc3ccccc3)c2)C=C(Cl)C=C/C1=N\O. The predicted octanol–water partition coefficient (Wildman–Crippen LogP) is 6.06. The van der Waals surface area contributed by atoms with Crippen molar-refractivity contribution < 1.29 is 14.7 Å². The van der Waals surface area contributed by atoms with E-state index in [1.165, 1.54) is 0 Å². The largest absolute Gasteiger partial charge is 0.457 e. The van der Waals surface area contributed by atoms with Crippen molar-refractivity contribution in [2.75, 3.05) is 0 Å². The van der Waals surface area contributed by atoms with Crippen LogP contribution in [0.1, 0.15) is 25.3 Å². The Morgan fingerprint density at radius 1 is 1.04 bits per heavy atom. The van der Waals surface area contributed by atoms with Crippen molar-refractivity contribution in [3.8, 4) is 11.5 Å². The normalized spacial score (nSPS) is 20.5. The van der Waals surface area contributed by atoms with Gasteiger partial charge in [-0.05, 0) is 54.5 Å². The zero-order valence-electron chi connectivity index (χ0n) is 15.1. The Balaban J connectivity index is 1.76. The first-order valence-corrected chi connectivity index (χ1v) is 9.28. The average molecular weight is 384 g/mol. The first kappa shape index (κ1) is 19.2. The van der Waals surface area contributed by atoms with Crippen molar-refractivity contribution in [3.63, 3.8) is 0 Å². The summed E-state index contributed by atoms with van der Waals surface area (Å²) in [7, 11) is 0. The van der Waals surface area contributed by atoms with Crippen molar-refractivity contribution in [2.45, 2.75) is 32.0 Å². The Hall–Kier alpha value is -2.56. The van der Waals surface area contributed by atoms with Gasteiger partial charge in [0.2, 0.25) is 0 Å². The molecule has 0 heterocycles. The van der Waals surface area contributed by atoms with Crippen LogP contribution in [-0.4, -0.2) is 16.5 Å². The number of ether oxygens (including phenoxy) is 2. The minimum absolute atomic E-state index is 0.333. The van der Waals surface area contributed by atoms with Gasteiger partial charge in [-0.3, -0.25) is 0 Å². The maximum absolute atomic E-state index is 9.41. The molecular formula is C22H22ClNO3. The second-order valence-corrected chi connectivity index (χ2v) is 6.77. The summed E-state index contributed by atoms with van der Waals surface area (Å²) < 4.78 is 12.1. The van der Waals surface area contributed by atoms with Gasteiger partial charge in [0.25, 0.3) is 0 Å². The predicted molar refractivity (Wildman–Crippen MR) is 108 cm³/mol. The second kappa shape index (κ2) is 8.89. The van der Waals surface area contributed by atoms with Crippen LogP contribution in [0.15, 0.2) is 83.0 Å². The van der Waals surface area contributed by atoms with Gasteiger partial charge in [0.1, 0.15) is 22.8 Å². The van der Waals surface area contributed by atoms with Gasteiger partial charge in [-0.2, -0.15) is 0 Å². The van der Waals surface area contributed by atoms with Crippen molar-refractivity contribution in [1.82, 2.24) is 0 Å². The number of rotatable bonds is 7. The highest BCUT2D eigenvalue weighted by molar-refractivity contribution is 6.32. The van der Waals surface area contributed by atoms with E-state index in [0.717, 1.165) is 23.5 Å².